The average Bonchev–Trinajstić information content (AvgIpc) is 3.24. The van der Waals surface area contributed by atoms with Crippen LogP contribution < -0.4 is 15.5 Å². The van der Waals surface area contributed by atoms with Gasteiger partial charge in [0.15, 0.2) is 5.96 Å². The van der Waals surface area contributed by atoms with Crippen LogP contribution in [-0.2, 0) is 6.54 Å². The fourth-order valence-corrected chi connectivity index (χ4v) is 3.39. The van der Waals surface area contributed by atoms with Gasteiger partial charge in [-0.2, -0.15) is 11.3 Å². The molecule has 1 saturated heterocycles. The van der Waals surface area contributed by atoms with Crippen LogP contribution in [0.5, 0.6) is 0 Å². The normalized spacial score (nSPS) is 17.7. The van der Waals surface area contributed by atoms with Crippen LogP contribution in [0.1, 0.15) is 12.0 Å². The molecule has 2 N–H and O–H groups in total. The molecule has 1 atom stereocenters. The third-order valence-corrected chi connectivity index (χ3v) is 4.65. The van der Waals surface area contributed by atoms with Gasteiger partial charge in [-0.3, -0.25) is 4.99 Å². The molecule has 1 unspecified atom stereocenters. The standard InChI is InChI=1S/C17H22N4S.HI/c1-18-17(19-11-14-8-10-22-13-14)20-15-7-9-21(12-15)16-5-3-2-4-6-16;/h2-6,8,10,13,15H,7,9,11-12H2,1H3,(H2,18,19,20);1H. The maximum Gasteiger partial charge on any atom is 0.191 e. The first-order valence-corrected chi connectivity index (χ1v) is 8.57. The second kappa shape index (κ2) is 9.12. The number of rotatable bonds is 4. The van der Waals surface area contributed by atoms with E-state index in [1.807, 2.05) is 7.05 Å². The zero-order valence-electron chi connectivity index (χ0n) is 13.2. The Hall–Kier alpha value is -1.28. The van der Waals surface area contributed by atoms with Crippen molar-refractivity contribution in [3.05, 3.63) is 52.7 Å². The van der Waals surface area contributed by atoms with E-state index in [4.69, 9.17) is 0 Å². The van der Waals surface area contributed by atoms with Crippen molar-refractivity contribution in [1.82, 2.24) is 10.6 Å². The van der Waals surface area contributed by atoms with Crippen molar-refractivity contribution in [2.24, 2.45) is 4.99 Å². The Kier molecular flexibility index (Phi) is 7.16. The predicted molar refractivity (Wildman–Crippen MR) is 110 cm³/mol. The van der Waals surface area contributed by atoms with Gasteiger partial charge in [-0.15, -0.1) is 24.0 Å². The van der Waals surface area contributed by atoms with Crippen molar-refractivity contribution in [3.8, 4) is 0 Å². The Morgan fingerprint density at radius 3 is 2.83 bits per heavy atom. The number of nitrogens with one attached hydrogen (secondary N) is 2. The number of benzene rings is 1. The zero-order chi connectivity index (χ0) is 15.2. The first kappa shape index (κ1) is 18.1. The minimum absolute atomic E-state index is 0. The summed E-state index contributed by atoms with van der Waals surface area (Å²) in [5, 5.41) is 11.2. The highest BCUT2D eigenvalue weighted by Gasteiger charge is 2.23. The Balaban J connectivity index is 0.00000192. The van der Waals surface area contributed by atoms with Gasteiger partial charge in [-0.1, -0.05) is 18.2 Å². The molecule has 0 bridgehead atoms. The molecule has 1 aromatic carbocycles. The number of para-hydroxylation sites is 1. The molecule has 1 aliphatic heterocycles. The number of halogens is 1. The first-order chi connectivity index (χ1) is 10.8. The van der Waals surface area contributed by atoms with Crippen molar-refractivity contribution >= 4 is 47.0 Å². The minimum Gasteiger partial charge on any atom is -0.369 e. The number of anilines is 1. The lowest BCUT2D eigenvalue weighted by atomic mass is 10.2. The van der Waals surface area contributed by atoms with Gasteiger partial charge in [0.2, 0.25) is 0 Å². The van der Waals surface area contributed by atoms with Gasteiger partial charge in [-0.25, -0.2) is 0 Å². The summed E-state index contributed by atoms with van der Waals surface area (Å²) in [7, 11) is 1.83. The lowest BCUT2D eigenvalue weighted by Crippen LogP contribution is -2.44. The molecule has 0 spiro atoms. The smallest absolute Gasteiger partial charge is 0.191 e. The summed E-state index contributed by atoms with van der Waals surface area (Å²) in [6.07, 6.45) is 1.13. The molecule has 1 aliphatic rings. The monoisotopic (exact) mass is 442 g/mol. The Bertz CT molecular complexity index is 600. The van der Waals surface area contributed by atoms with Crippen molar-refractivity contribution in [2.75, 3.05) is 25.0 Å². The second-order valence-electron chi connectivity index (χ2n) is 5.47. The number of hydrogen-bond acceptors (Lipinski definition) is 3. The van der Waals surface area contributed by atoms with Crippen LogP contribution >= 0.6 is 35.3 Å². The van der Waals surface area contributed by atoms with E-state index >= 15 is 0 Å². The minimum atomic E-state index is 0. The van der Waals surface area contributed by atoms with Crippen molar-refractivity contribution in [2.45, 2.75) is 19.0 Å². The van der Waals surface area contributed by atoms with E-state index in [2.05, 4.69) is 67.7 Å². The number of thiophene rings is 1. The Labute approximate surface area is 159 Å². The summed E-state index contributed by atoms with van der Waals surface area (Å²) in [5.74, 6) is 0.881. The molecule has 23 heavy (non-hydrogen) atoms. The SMILES string of the molecule is CN=C(NCc1ccsc1)NC1CCN(c2ccccc2)C1.I. The molecular formula is C17H23IN4S. The van der Waals surface area contributed by atoms with E-state index in [9.17, 15) is 0 Å². The van der Waals surface area contributed by atoms with Gasteiger partial charge in [-0.05, 0) is 40.9 Å². The molecule has 2 aromatic rings. The van der Waals surface area contributed by atoms with Gasteiger partial charge < -0.3 is 15.5 Å². The summed E-state index contributed by atoms with van der Waals surface area (Å²) in [6.45, 7) is 2.92. The molecule has 0 aliphatic carbocycles. The van der Waals surface area contributed by atoms with E-state index in [1.165, 1.54) is 11.3 Å². The summed E-state index contributed by atoms with van der Waals surface area (Å²) >= 11 is 1.72. The average molecular weight is 442 g/mol. The molecular weight excluding hydrogens is 419 g/mol. The Morgan fingerprint density at radius 1 is 1.30 bits per heavy atom. The van der Waals surface area contributed by atoms with Crippen LogP contribution in [0, 0.1) is 0 Å². The number of guanidine groups is 1. The second-order valence-corrected chi connectivity index (χ2v) is 6.25. The van der Waals surface area contributed by atoms with E-state index < -0.39 is 0 Å². The van der Waals surface area contributed by atoms with E-state index in [0.717, 1.165) is 32.0 Å². The van der Waals surface area contributed by atoms with Crippen LogP contribution in [0.4, 0.5) is 5.69 Å². The van der Waals surface area contributed by atoms with E-state index in [0.29, 0.717) is 6.04 Å². The van der Waals surface area contributed by atoms with Crippen molar-refractivity contribution < 1.29 is 0 Å². The molecule has 6 heteroatoms. The lowest BCUT2D eigenvalue weighted by Gasteiger charge is -2.20. The highest BCUT2D eigenvalue weighted by Crippen LogP contribution is 2.19. The van der Waals surface area contributed by atoms with Gasteiger partial charge in [0, 0.05) is 38.4 Å². The largest absolute Gasteiger partial charge is 0.369 e. The van der Waals surface area contributed by atoms with Crippen LogP contribution in [-0.4, -0.2) is 32.1 Å². The molecule has 1 aromatic heterocycles. The fourth-order valence-electron chi connectivity index (χ4n) is 2.72. The first-order valence-electron chi connectivity index (χ1n) is 7.63. The maximum absolute atomic E-state index is 4.33. The third kappa shape index (κ3) is 5.10. The van der Waals surface area contributed by atoms with Crippen LogP contribution in [0.3, 0.4) is 0 Å². The van der Waals surface area contributed by atoms with Gasteiger partial charge in [0.1, 0.15) is 0 Å². The molecule has 0 amide bonds. The number of nitrogens with zero attached hydrogens (tertiary/aromatic N) is 2. The molecule has 3 rings (SSSR count). The number of aliphatic imine (C=N–C) groups is 1. The summed E-state index contributed by atoms with van der Waals surface area (Å²) < 4.78 is 0. The highest BCUT2D eigenvalue weighted by atomic mass is 127. The Morgan fingerprint density at radius 2 is 2.13 bits per heavy atom. The third-order valence-electron chi connectivity index (χ3n) is 3.91. The van der Waals surface area contributed by atoms with Gasteiger partial charge in [0.25, 0.3) is 0 Å². The van der Waals surface area contributed by atoms with Crippen LogP contribution in [0.25, 0.3) is 0 Å². The zero-order valence-corrected chi connectivity index (χ0v) is 16.4. The highest BCUT2D eigenvalue weighted by molar-refractivity contribution is 14.0. The molecule has 0 saturated carbocycles. The van der Waals surface area contributed by atoms with E-state index in [1.54, 1.807) is 11.3 Å². The summed E-state index contributed by atoms with van der Waals surface area (Å²) in [6, 6.07) is 13.2. The summed E-state index contributed by atoms with van der Waals surface area (Å²) in [4.78, 5) is 6.75. The lowest BCUT2D eigenvalue weighted by molar-refractivity contribution is 0.649. The predicted octanol–water partition coefficient (Wildman–Crippen LogP) is 3.31. The van der Waals surface area contributed by atoms with Gasteiger partial charge in [0.05, 0.1) is 0 Å². The molecule has 124 valence electrons. The quantitative estimate of drug-likeness (QED) is 0.434. The molecule has 0 radical (unpaired) electrons. The number of hydrogen-bond donors (Lipinski definition) is 2. The van der Waals surface area contributed by atoms with E-state index in [-0.39, 0.29) is 24.0 Å². The summed E-state index contributed by atoms with van der Waals surface area (Å²) in [5.41, 5.74) is 2.60. The van der Waals surface area contributed by atoms with Crippen LogP contribution in [0.2, 0.25) is 0 Å². The fraction of sp³-hybridized carbons (Fsp3) is 0.353. The van der Waals surface area contributed by atoms with Crippen molar-refractivity contribution in [1.29, 1.82) is 0 Å². The van der Waals surface area contributed by atoms with Crippen LogP contribution in [0.15, 0.2) is 52.2 Å². The van der Waals surface area contributed by atoms with Gasteiger partial charge >= 0.3 is 0 Å². The molecule has 4 nitrogen and oxygen atoms in total. The topological polar surface area (TPSA) is 39.7 Å². The molecule has 1 fully saturated rings. The van der Waals surface area contributed by atoms with Crippen molar-refractivity contribution in [3.63, 3.8) is 0 Å². The molecule has 2 heterocycles. The maximum atomic E-state index is 4.33.